The van der Waals surface area contributed by atoms with Gasteiger partial charge in [-0.05, 0) is 59.2 Å². The molecular formula is C25H29N3OS. The van der Waals surface area contributed by atoms with E-state index in [0.717, 1.165) is 23.5 Å². The Hall–Kier alpha value is -2.66. The monoisotopic (exact) mass is 419 g/mol. The molecule has 0 radical (unpaired) electrons. The second-order valence-corrected chi connectivity index (χ2v) is 9.63. The highest BCUT2D eigenvalue weighted by Gasteiger charge is 2.32. The lowest BCUT2D eigenvalue weighted by molar-refractivity contribution is 0.182. The highest BCUT2D eigenvalue weighted by atomic mass is 32.2. The number of fused-ring (bicyclic) bond motifs is 1. The zero-order valence-electron chi connectivity index (χ0n) is 18.1. The Bertz CT molecular complexity index is 1020. The van der Waals surface area contributed by atoms with Gasteiger partial charge in [-0.3, -0.25) is 0 Å². The lowest BCUT2D eigenvalue weighted by Crippen LogP contribution is -2.44. The number of thioether (sulfide) groups is 1. The van der Waals surface area contributed by atoms with Crippen molar-refractivity contribution in [3.05, 3.63) is 83.7 Å². The Balaban J connectivity index is 1.63. The van der Waals surface area contributed by atoms with Crippen molar-refractivity contribution < 1.29 is 4.79 Å². The van der Waals surface area contributed by atoms with E-state index in [1.807, 2.05) is 35.4 Å². The van der Waals surface area contributed by atoms with E-state index in [1.54, 1.807) is 11.8 Å². The number of benzene rings is 2. The van der Waals surface area contributed by atoms with Crippen molar-refractivity contribution in [3.8, 4) is 0 Å². The Labute approximate surface area is 183 Å². The minimum Gasteiger partial charge on any atom is -0.348 e. The van der Waals surface area contributed by atoms with Gasteiger partial charge in [0, 0.05) is 35.6 Å². The molecule has 2 amide bonds. The number of anilines is 1. The first-order chi connectivity index (χ1) is 14.4. The number of carbonyl (C=O) groups is 1. The molecule has 0 spiro atoms. The predicted molar refractivity (Wildman–Crippen MR) is 125 cm³/mol. The molecule has 0 saturated heterocycles. The summed E-state index contributed by atoms with van der Waals surface area (Å²) >= 11 is 1.69. The van der Waals surface area contributed by atoms with E-state index >= 15 is 0 Å². The number of hydrogen-bond donors (Lipinski definition) is 1. The summed E-state index contributed by atoms with van der Waals surface area (Å²) in [5.74, 6) is 0. The molecule has 1 aliphatic rings. The van der Waals surface area contributed by atoms with Gasteiger partial charge in [-0.15, -0.1) is 11.8 Å². The first-order valence-corrected chi connectivity index (χ1v) is 11.6. The van der Waals surface area contributed by atoms with Gasteiger partial charge in [0.25, 0.3) is 0 Å². The van der Waals surface area contributed by atoms with Crippen LogP contribution in [0.1, 0.15) is 43.6 Å². The lowest BCUT2D eigenvalue weighted by Gasteiger charge is -2.37. The van der Waals surface area contributed by atoms with Gasteiger partial charge in [0.15, 0.2) is 0 Å². The van der Waals surface area contributed by atoms with Crippen LogP contribution < -0.4 is 5.32 Å². The first kappa shape index (κ1) is 20.6. The Morgan fingerprint density at radius 1 is 1.00 bits per heavy atom. The zero-order valence-corrected chi connectivity index (χ0v) is 18.9. The molecule has 1 aromatic heterocycles. The maximum absolute atomic E-state index is 13.3. The van der Waals surface area contributed by atoms with Crippen molar-refractivity contribution in [2.24, 2.45) is 0 Å². The average Bonchev–Trinajstić information content (AvgIpc) is 3.22. The summed E-state index contributed by atoms with van der Waals surface area (Å²) in [6.07, 6.45) is 4.15. The molecule has 3 aromatic rings. The molecule has 5 heteroatoms. The van der Waals surface area contributed by atoms with Crippen molar-refractivity contribution in [1.29, 1.82) is 0 Å². The van der Waals surface area contributed by atoms with E-state index in [-0.39, 0.29) is 17.5 Å². The molecule has 156 valence electrons. The van der Waals surface area contributed by atoms with Crippen LogP contribution in [0.3, 0.4) is 0 Å². The number of hydrogen-bond acceptors (Lipinski definition) is 2. The number of nitrogens with zero attached hydrogens (tertiary/aromatic N) is 2. The van der Waals surface area contributed by atoms with Gasteiger partial charge in [0.2, 0.25) is 0 Å². The molecule has 4 rings (SSSR count). The van der Waals surface area contributed by atoms with Crippen LogP contribution in [0.4, 0.5) is 10.5 Å². The normalized spacial score (nSPS) is 16.3. The van der Waals surface area contributed by atoms with E-state index in [1.165, 1.54) is 10.5 Å². The Kier molecular flexibility index (Phi) is 5.65. The van der Waals surface area contributed by atoms with E-state index in [0.29, 0.717) is 6.54 Å². The first-order valence-electron chi connectivity index (χ1n) is 10.3. The topological polar surface area (TPSA) is 37.3 Å². The molecule has 4 nitrogen and oxygen atoms in total. The van der Waals surface area contributed by atoms with Crippen molar-refractivity contribution in [1.82, 2.24) is 9.47 Å². The molecule has 30 heavy (non-hydrogen) atoms. The van der Waals surface area contributed by atoms with Crippen LogP contribution in [-0.2, 0) is 12.0 Å². The molecule has 1 unspecified atom stereocenters. The minimum absolute atomic E-state index is 0.0655. The third-order valence-corrected chi connectivity index (χ3v) is 6.48. The SMILES string of the molecule is CSc1ccc(NC(=O)N2CCn3cccc3C2c2ccc(C(C)(C)C)cc2)cc1. The number of carbonyl (C=O) groups excluding carboxylic acids is 1. The average molecular weight is 420 g/mol. The fourth-order valence-corrected chi connectivity index (χ4v) is 4.40. The quantitative estimate of drug-likeness (QED) is 0.517. The molecule has 1 N–H and O–H groups in total. The second kappa shape index (κ2) is 8.23. The summed E-state index contributed by atoms with van der Waals surface area (Å²) in [4.78, 5) is 16.4. The Morgan fingerprint density at radius 3 is 2.33 bits per heavy atom. The van der Waals surface area contributed by atoms with E-state index in [2.05, 4.69) is 73.3 Å². The fraction of sp³-hybridized carbons (Fsp3) is 0.320. The van der Waals surface area contributed by atoms with Crippen LogP contribution in [0, 0.1) is 0 Å². The Morgan fingerprint density at radius 2 is 1.70 bits per heavy atom. The van der Waals surface area contributed by atoms with Crippen molar-refractivity contribution in [2.45, 2.75) is 43.7 Å². The smallest absolute Gasteiger partial charge is 0.322 e. The van der Waals surface area contributed by atoms with E-state index < -0.39 is 0 Å². The van der Waals surface area contributed by atoms with Gasteiger partial charge < -0.3 is 14.8 Å². The number of aromatic nitrogens is 1. The van der Waals surface area contributed by atoms with Gasteiger partial charge >= 0.3 is 6.03 Å². The molecule has 2 heterocycles. The van der Waals surface area contributed by atoms with Crippen molar-refractivity contribution in [2.75, 3.05) is 18.1 Å². The molecule has 0 bridgehead atoms. The zero-order chi connectivity index (χ0) is 21.3. The van der Waals surface area contributed by atoms with Gasteiger partial charge in [0.05, 0.1) is 6.04 Å². The summed E-state index contributed by atoms with van der Waals surface area (Å²) in [6, 6.07) is 20.7. The summed E-state index contributed by atoms with van der Waals surface area (Å²) in [5.41, 5.74) is 4.50. The maximum atomic E-state index is 13.3. The molecule has 0 saturated carbocycles. The highest BCUT2D eigenvalue weighted by molar-refractivity contribution is 7.98. The number of nitrogens with one attached hydrogen (secondary N) is 1. The number of amides is 2. The van der Waals surface area contributed by atoms with Crippen LogP contribution in [0.5, 0.6) is 0 Å². The second-order valence-electron chi connectivity index (χ2n) is 8.75. The van der Waals surface area contributed by atoms with Crippen molar-refractivity contribution >= 4 is 23.5 Å². The molecular weight excluding hydrogens is 390 g/mol. The fourth-order valence-electron chi connectivity index (χ4n) is 3.99. The van der Waals surface area contributed by atoms with Gasteiger partial charge in [0.1, 0.15) is 0 Å². The van der Waals surface area contributed by atoms with Gasteiger partial charge in [-0.25, -0.2) is 4.79 Å². The van der Waals surface area contributed by atoms with Crippen LogP contribution in [0.25, 0.3) is 0 Å². The largest absolute Gasteiger partial charge is 0.348 e. The van der Waals surface area contributed by atoms with E-state index in [9.17, 15) is 4.79 Å². The third kappa shape index (κ3) is 4.12. The third-order valence-electron chi connectivity index (χ3n) is 5.73. The molecule has 0 fully saturated rings. The van der Waals surface area contributed by atoms with Crippen LogP contribution in [0.2, 0.25) is 0 Å². The molecule has 2 aromatic carbocycles. The van der Waals surface area contributed by atoms with Crippen molar-refractivity contribution in [3.63, 3.8) is 0 Å². The number of rotatable bonds is 3. The van der Waals surface area contributed by atoms with Gasteiger partial charge in [-0.1, -0.05) is 45.0 Å². The highest BCUT2D eigenvalue weighted by Crippen LogP contribution is 2.34. The minimum atomic E-state index is -0.103. The summed E-state index contributed by atoms with van der Waals surface area (Å²) in [6.45, 7) is 8.13. The molecule has 1 aliphatic heterocycles. The summed E-state index contributed by atoms with van der Waals surface area (Å²) < 4.78 is 2.25. The van der Waals surface area contributed by atoms with Crippen LogP contribution in [-0.4, -0.2) is 28.3 Å². The maximum Gasteiger partial charge on any atom is 0.322 e. The lowest BCUT2D eigenvalue weighted by atomic mass is 9.86. The molecule has 1 atom stereocenters. The molecule has 0 aliphatic carbocycles. The summed E-state index contributed by atoms with van der Waals surface area (Å²) in [5, 5.41) is 3.09. The van der Waals surface area contributed by atoms with Crippen LogP contribution >= 0.6 is 11.8 Å². The van der Waals surface area contributed by atoms with Crippen LogP contribution in [0.15, 0.2) is 71.8 Å². The van der Waals surface area contributed by atoms with E-state index in [4.69, 9.17) is 0 Å². The van der Waals surface area contributed by atoms with Gasteiger partial charge in [-0.2, -0.15) is 0 Å². The predicted octanol–water partition coefficient (Wildman–Crippen LogP) is 6.14. The summed E-state index contributed by atoms with van der Waals surface area (Å²) in [7, 11) is 0. The standard InChI is InChI=1S/C25H29N3OS/c1-25(2,3)19-9-7-18(8-10-19)23-22-6-5-15-27(22)16-17-28(23)24(29)26-20-11-13-21(30-4)14-12-20/h5-15,23H,16-17H2,1-4H3,(H,26,29). The number of urea groups is 1.